The summed E-state index contributed by atoms with van der Waals surface area (Å²) in [6.45, 7) is 0.224. The Balaban J connectivity index is 2.33. The molecule has 2 N–H and O–H groups in total. The standard InChI is InChI=1S/C5H9ClO4/c6-1-3-2-9-4(7)5(8)10-3/h3-5,7-8H,1-2H2. The second-order valence-electron chi connectivity index (χ2n) is 2.03. The minimum absolute atomic E-state index is 0.224. The van der Waals surface area contributed by atoms with Gasteiger partial charge in [0, 0.05) is 0 Å². The molecule has 0 aromatic heterocycles. The molecule has 1 aliphatic rings. The maximum Gasteiger partial charge on any atom is 0.207 e. The molecule has 0 saturated carbocycles. The minimum Gasteiger partial charge on any atom is -0.364 e. The molecule has 0 radical (unpaired) electrons. The van der Waals surface area contributed by atoms with Crippen LogP contribution in [0.25, 0.3) is 0 Å². The van der Waals surface area contributed by atoms with E-state index in [1.807, 2.05) is 0 Å². The summed E-state index contributed by atoms with van der Waals surface area (Å²) in [5.74, 6) is 0.254. The predicted molar refractivity (Wildman–Crippen MR) is 33.6 cm³/mol. The number of hydrogen-bond acceptors (Lipinski definition) is 4. The zero-order valence-corrected chi connectivity index (χ0v) is 5.99. The van der Waals surface area contributed by atoms with Crippen LogP contribution in [0.3, 0.4) is 0 Å². The fraction of sp³-hybridized carbons (Fsp3) is 1.00. The van der Waals surface area contributed by atoms with Gasteiger partial charge in [-0.3, -0.25) is 0 Å². The summed E-state index contributed by atoms with van der Waals surface area (Å²) in [7, 11) is 0. The lowest BCUT2D eigenvalue weighted by atomic mass is 10.4. The van der Waals surface area contributed by atoms with Crippen LogP contribution in [-0.4, -0.2) is 41.4 Å². The van der Waals surface area contributed by atoms with Gasteiger partial charge in [0.15, 0.2) is 0 Å². The normalized spacial score (nSPS) is 41.7. The van der Waals surface area contributed by atoms with E-state index >= 15 is 0 Å². The Labute approximate surface area is 63.3 Å². The van der Waals surface area contributed by atoms with Gasteiger partial charge in [0.1, 0.15) is 0 Å². The molecule has 0 aromatic carbocycles. The van der Waals surface area contributed by atoms with Crippen molar-refractivity contribution in [3.8, 4) is 0 Å². The summed E-state index contributed by atoms with van der Waals surface area (Å²) < 4.78 is 9.49. The van der Waals surface area contributed by atoms with Crippen LogP contribution in [0.5, 0.6) is 0 Å². The molecule has 1 saturated heterocycles. The van der Waals surface area contributed by atoms with Crippen LogP contribution in [0.15, 0.2) is 0 Å². The van der Waals surface area contributed by atoms with Gasteiger partial charge in [-0.05, 0) is 0 Å². The zero-order valence-electron chi connectivity index (χ0n) is 5.24. The van der Waals surface area contributed by atoms with Gasteiger partial charge < -0.3 is 19.7 Å². The molecule has 0 aromatic rings. The molecule has 0 amide bonds. The summed E-state index contributed by atoms with van der Waals surface area (Å²) in [5, 5.41) is 17.6. The van der Waals surface area contributed by atoms with Crippen LogP contribution in [0.2, 0.25) is 0 Å². The fourth-order valence-electron chi connectivity index (χ4n) is 0.673. The molecule has 4 nitrogen and oxygen atoms in total. The zero-order chi connectivity index (χ0) is 7.56. The second kappa shape index (κ2) is 3.50. The van der Waals surface area contributed by atoms with E-state index in [-0.39, 0.29) is 18.6 Å². The Bertz CT molecular complexity index is 110. The number of alkyl halides is 1. The summed E-state index contributed by atoms with van der Waals surface area (Å²) in [6, 6.07) is 0. The largest absolute Gasteiger partial charge is 0.364 e. The molecule has 1 rings (SSSR count). The van der Waals surface area contributed by atoms with Crippen molar-refractivity contribution >= 4 is 11.6 Å². The van der Waals surface area contributed by atoms with Crippen LogP contribution in [0, 0.1) is 0 Å². The highest BCUT2D eigenvalue weighted by atomic mass is 35.5. The lowest BCUT2D eigenvalue weighted by molar-refractivity contribution is -0.310. The van der Waals surface area contributed by atoms with E-state index < -0.39 is 12.6 Å². The van der Waals surface area contributed by atoms with E-state index in [4.69, 9.17) is 26.6 Å². The van der Waals surface area contributed by atoms with E-state index in [0.29, 0.717) is 0 Å². The van der Waals surface area contributed by atoms with Crippen molar-refractivity contribution in [1.29, 1.82) is 0 Å². The van der Waals surface area contributed by atoms with Gasteiger partial charge in [-0.1, -0.05) is 0 Å². The number of aliphatic hydroxyl groups is 2. The highest BCUT2D eigenvalue weighted by Gasteiger charge is 2.27. The Morgan fingerprint density at radius 1 is 1.40 bits per heavy atom. The number of ether oxygens (including phenoxy) is 2. The average Bonchev–Trinajstić information content (AvgIpc) is 1.95. The third-order valence-electron chi connectivity index (χ3n) is 1.20. The maximum absolute atomic E-state index is 8.82. The Morgan fingerprint density at radius 3 is 2.60 bits per heavy atom. The van der Waals surface area contributed by atoms with Gasteiger partial charge in [0.25, 0.3) is 0 Å². The fourth-order valence-corrected chi connectivity index (χ4v) is 0.835. The van der Waals surface area contributed by atoms with Crippen LogP contribution >= 0.6 is 11.6 Å². The van der Waals surface area contributed by atoms with Crippen molar-refractivity contribution in [1.82, 2.24) is 0 Å². The molecule has 1 heterocycles. The summed E-state index contributed by atoms with van der Waals surface area (Å²) in [5.41, 5.74) is 0. The Hall–Kier alpha value is 0.130. The van der Waals surface area contributed by atoms with E-state index in [9.17, 15) is 0 Å². The molecule has 3 unspecified atom stereocenters. The van der Waals surface area contributed by atoms with Crippen molar-refractivity contribution in [2.24, 2.45) is 0 Å². The van der Waals surface area contributed by atoms with E-state index in [0.717, 1.165) is 0 Å². The van der Waals surface area contributed by atoms with Gasteiger partial charge in [-0.2, -0.15) is 0 Å². The summed E-state index contributed by atoms with van der Waals surface area (Å²) >= 11 is 5.40. The van der Waals surface area contributed by atoms with Crippen LogP contribution in [0.1, 0.15) is 0 Å². The molecule has 3 atom stereocenters. The van der Waals surface area contributed by atoms with Crippen molar-refractivity contribution in [2.45, 2.75) is 18.7 Å². The first-order valence-corrected chi connectivity index (χ1v) is 3.46. The van der Waals surface area contributed by atoms with Crippen molar-refractivity contribution in [2.75, 3.05) is 12.5 Å². The maximum atomic E-state index is 8.82. The third kappa shape index (κ3) is 1.81. The molecule has 0 bridgehead atoms. The monoisotopic (exact) mass is 168 g/mol. The second-order valence-corrected chi connectivity index (χ2v) is 2.34. The van der Waals surface area contributed by atoms with Gasteiger partial charge in [0.2, 0.25) is 12.6 Å². The topological polar surface area (TPSA) is 58.9 Å². The predicted octanol–water partition coefficient (Wildman–Crippen LogP) is -0.723. The van der Waals surface area contributed by atoms with Crippen molar-refractivity contribution in [3.05, 3.63) is 0 Å². The van der Waals surface area contributed by atoms with E-state index in [2.05, 4.69) is 4.74 Å². The SMILES string of the molecule is OC1OCC(CCl)OC1O. The highest BCUT2D eigenvalue weighted by Crippen LogP contribution is 2.11. The van der Waals surface area contributed by atoms with Crippen molar-refractivity contribution < 1.29 is 19.7 Å². The van der Waals surface area contributed by atoms with E-state index in [1.54, 1.807) is 0 Å². The first kappa shape index (κ1) is 8.23. The molecule has 0 spiro atoms. The Kier molecular flexibility index (Phi) is 2.88. The highest BCUT2D eigenvalue weighted by molar-refractivity contribution is 6.18. The van der Waals surface area contributed by atoms with Crippen LogP contribution < -0.4 is 0 Å². The number of halogens is 1. The molecule has 0 aliphatic carbocycles. The number of aliphatic hydroxyl groups excluding tert-OH is 2. The molecule has 60 valence electrons. The smallest absolute Gasteiger partial charge is 0.207 e. The summed E-state index contributed by atoms with van der Waals surface area (Å²) in [6.07, 6.45) is -2.82. The Morgan fingerprint density at radius 2 is 2.10 bits per heavy atom. The number of hydrogen-bond donors (Lipinski definition) is 2. The van der Waals surface area contributed by atoms with Gasteiger partial charge in [0.05, 0.1) is 18.6 Å². The van der Waals surface area contributed by atoms with Gasteiger partial charge >= 0.3 is 0 Å². The number of rotatable bonds is 1. The molecular weight excluding hydrogens is 160 g/mol. The van der Waals surface area contributed by atoms with Crippen molar-refractivity contribution in [3.63, 3.8) is 0 Å². The van der Waals surface area contributed by atoms with Gasteiger partial charge in [-0.25, -0.2) is 0 Å². The van der Waals surface area contributed by atoms with Crippen LogP contribution in [0.4, 0.5) is 0 Å². The lowest BCUT2D eigenvalue weighted by Gasteiger charge is -2.29. The molecular formula is C5H9ClO4. The minimum atomic E-state index is -1.27. The average molecular weight is 169 g/mol. The molecule has 1 aliphatic heterocycles. The third-order valence-corrected chi connectivity index (χ3v) is 1.55. The molecule has 1 fully saturated rings. The van der Waals surface area contributed by atoms with Gasteiger partial charge in [-0.15, -0.1) is 11.6 Å². The lowest BCUT2D eigenvalue weighted by Crippen LogP contribution is -2.43. The first-order chi connectivity index (χ1) is 4.74. The quantitative estimate of drug-likeness (QED) is 0.508. The molecule has 10 heavy (non-hydrogen) atoms. The first-order valence-electron chi connectivity index (χ1n) is 2.93. The summed E-state index contributed by atoms with van der Waals surface area (Å²) in [4.78, 5) is 0. The van der Waals surface area contributed by atoms with Crippen LogP contribution in [-0.2, 0) is 9.47 Å². The molecule has 5 heteroatoms. The van der Waals surface area contributed by atoms with E-state index in [1.165, 1.54) is 0 Å².